The topological polar surface area (TPSA) is 37.4 Å². The van der Waals surface area contributed by atoms with Gasteiger partial charge in [0.05, 0.1) is 14.9 Å². The molecule has 3 nitrogen and oxygen atoms in total. The van der Waals surface area contributed by atoms with E-state index in [1.165, 1.54) is 16.8 Å². The van der Waals surface area contributed by atoms with Crippen LogP contribution in [0.15, 0.2) is 17.0 Å². The average Bonchev–Trinajstić information content (AvgIpc) is 2.42. The van der Waals surface area contributed by atoms with Gasteiger partial charge in [-0.3, -0.25) is 0 Å². The minimum atomic E-state index is -3.52. The SMILES string of the molecule is Cc1cc(Cl)c(Cl)cc1S(=O)(=O)N(C)C1CCCCC1. The summed E-state index contributed by atoms with van der Waals surface area (Å²) in [6.07, 6.45) is 5.22. The first kappa shape index (κ1) is 16.1. The quantitative estimate of drug-likeness (QED) is 0.827. The van der Waals surface area contributed by atoms with Crippen molar-refractivity contribution in [1.29, 1.82) is 0 Å². The van der Waals surface area contributed by atoms with Crippen molar-refractivity contribution in [2.24, 2.45) is 0 Å². The van der Waals surface area contributed by atoms with Crippen molar-refractivity contribution in [3.05, 3.63) is 27.7 Å². The molecule has 1 aromatic rings. The molecule has 20 heavy (non-hydrogen) atoms. The van der Waals surface area contributed by atoms with Crippen LogP contribution in [-0.4, -0.2) is 25.8 Å². The van der Waals surface area contributed by atoms with Crippen LogP contribution >= 0.6 is 23.2 Å². The highest BCUT2D eigenvalue weighted by Crippen LogP contribution is 2.32. The molecule has 0 bridgehead atoms. The Morgan fingerprint density at radius 1 is 1.10 bits per heavy atom. The van der Waals surface area contributed by atoms with Crippen molar-refractivity contribution in [2.45, 2.75) is 50.0 Å². The van der Waals surface area contributed by atoms with E-state index in [2.05, 4.69) is 0 Å². The Labute approximate surface area is 130 Å². The number of benzene rings is 1. The molecule has 1 aliphatic carbocycles. The summed E-state index contributed by atoms with van der Waals surface area (Å²) in [6.45, 7) is 1.74. The van der Waals surface area contributed by atoms with E-state index in [0.717, 1.165) is 25.7 Å². The maximum atomic E-state index is 12.7. The first-order valence-electron chi connectivity index (χ1n) is 6.77. The molecule has 0 N–H and O–H groups in total. The molecular formula is C14H19Cl2NO2S. The third-order valence-corrected chi connectivity index (χ3v) is 6.74. The molecule has 0 aliphatic heterocycles. The van der Waals surface area contributed by atoms with E-state index in [1.807, 2.05) is 0 Å². The lowest BCUT2D eigenvalue weighted by atomic mass is 9.96. The lowest BCUT2D eigenvalue weighted by Crippen LogP contribution is -2.38. The van der Waals surface area contributed by atoms with Gasteiger partial charge < -0.3 is 0 Å². The van der Waals surface area contributed by atoms with Crippen LogP contribution in [-0.2, 0) is 10.0 Å². The van der Waals surface area contributed by atoms with Gasteiger partial charge in [0.25, 0.3) is 0 Å². The molecule has 0 saturated heterocycles. The predicted octanol–water partition coefficient (Wildman–Crippen LogP) is 4.26. The van der Waals surface area contributed by atoms with Crippen LogP contribution in [0.5, 0.6) is 0 Å². The van der Waals surface area contributed by atoms with Gasteiger partial charge in [0.2, 0.25) is 10.0 Å². The van der Waals surface area contributed by atoms with E-state index in [4.69, 9.17) is 23.2 Å². The number of hydrogen-bond acceptors (Lipinski definition) is 2. The number of rotatable bonds is 3. The summed E-state index contributed by atoms with van der Waals surface area (Å²) in [5.74, 6) is 0. The fourth-order valence-electron chi connectivity index (χ4n) is 2.70. The van der Waals surface area contributed by atoms with Crippen molar-refractivity contribution < 1.29 is 8.42 Å². The third kappa shape index (κ3) is 3.14. The van der Waals surface area contributed by atoms with Gasteiger partial charge in [0.15, 0.2) is 0 Å². The monoisotopic (exact) mass is 335 g/mol. The number of nitrogens with zero attached hydrogens (tertiary/aromatic N) is 1. The largest absolute Gasteiger partial charge is 0.243 e. The molecule has 0 unspecified atom stereocenters. The second-order valence-corrected chi connectivity index (χ2v) is 8.13. The lowest BCUT2D eigenvalue weighted by molar-refractivity contribution is 0.285. The van der Waals surface area contributed by atoms with Gasteiger partial charge in [0, 0.05) is 13.1 Å². The molecule has 0 radical (unpaired) electrons. The Balaban J connectivity index is 2.36. The van der Waals surface area contributed by atoms with E-state index in [9.17, 15) is 8.42 Å². The molecule has 0 heterocycles. The van der Waals surface area contributed by atoms with Gasteiger partial charge in [-0.05, 0) is 37.5 Å². The van der Waals surface area contributed by atoms with Gasteiger partial charge in [0.1, 0.15) is 0 Å². The van der Waals surface area contributed by atoms with Crippen LogP contribution < -0.4 is 0 Å². The van der Waals surface area contributed by atoms with Gasteiger partial charge >= 0.3 is 0 Å². The summed E-state index contributed by atoms with van der Waals surface area (Å²) in [5.41, 5.74) is 0.627. The Morgan fingerprint density at radius 3 is 2.25 bits per heavy atom. The second-order valence-electron chi connectivity index (χ2n) is 5.34. The molecule has 1 aromatic carbocycles. The van der Waals surface area contributed by atoms with Crippen molar-refractivity contribution in [1.82, 2.24) is 4.31 Å². The maximum absolute atomic E-state index is 12.7. The molecule has 1 fully saturated rings. The maximum Gasteiger partial charge on any atom is 0.243 e. The van der Waals surface area contributed by atoms with Crippen LogP contribution in [0.25, 0.3) is 0 Å². The summed E-state index contributed by atoms with van der Waals surface area (Å²) >= 11 is 11.9. The van der Waals surface area contributed by atoms with Crippen LogP contribution in [0.3, 0.4) is 0 Å². The van der Waals surface area contributed by atoms with Crippen LogP contribution in [0.4, 0.5) is 0 Å². The zero-order chi connectivity index (χ0) is 14.9. The fourth-order valence-corrected chi connectivity index (χ4v) is 4.79. The Bertz CT molecular complexity index is 595. The van der Waals surface area contributed by atoms with Gasteiger partial charge in [-0.15, -0.1) is 0 Å². The molecular weight excluding hydrogens is 317 g/mol. The third-order valence-electron chi connectivity index (χ3n) is 3.96. The molecule has 0 spiro atoms. The lowest BCUT2D eigenvalue weighted by Gasteiger charge is -2.30. The summed E-state index contributed by atoms with van der Waals surface area (Å²) in [5, 5.41) is 0.649. The van der Waals surface area contributed by atoms with Gasteiger partial charge in [-0.1, -0.05) is 42.5 Å². The molecule has 2 rings (SSSR count). The second kappa shape index (κ2) is 6.22. The zero-order valence-electron chi connectivity index (χ0n) is 11.7. The standard InChI is InChI=1S/C14H19Cl2NO2S/c1-10-8-12(15)13(16)9-14(10)20(18,19)17(2)11-6-4-3-5-7-11/h8-9,11H,3-7H2,1-2H3. The van der Waals surface area contributed by atoms with E-state index >= 15 is 0 Å². The molecule has 0 amide bonds. The zero-order valence-corrected chi connectivity index (χ0v) is 14.0. The number of hydrogen-bond donors (Lipinski definition) is 0. The van der Waals surface area contributed by atoms with Gasteiger partial charge in [-0.2, -0.15) is 4.31 Å². The summed E-state index contributed by atoms with van der Waals surface area (Å²) in [7, 11) is -1.86. The van der Waals surface area contributed by atoms with Crippen LogP contribution in [0.1, 0.15) is 37.7 Å². The molecule has 0 aromatic heterocycles. The summed E-state index contributed by atoms with van der Waals surface area (Å²) < 4.78 is 27.0. The van der Waals surface area contributed by atoms with Crippen molar-refractivity contribution in [2.75, 3.05) is 7.05 Å². The summed E-state index contributed by atoms with van der Waals surface area (Å²) in [4.78, 5) is 0.250. The highest BCUT2D eigenvalue weighted by molar-refractivity contribution is 7.89. The molecule has 1 aliphatic rings. The van der Waals surface area contributed by atoms with Crippen molar-refractivity contribution >= 4 is 33.2 Å². The van der Waals surface area contributed by atoms with Crippen LogP contribution in [0, 0.1) is 6.92 Å². The first-order chi connectivity index (χ1) is 9.34. The number of aryl methyl sites for hydroxylation is 1. The van der Waals surface area contributed by atoms with Gasteiger partial charge in [-0.25, -0.2) is 8.42 Å². The first-order valence-corrected chi connectivity index (χ1v) is 8.97. The summed E-state index contributed by atoms with van der Waals surface area (Å²) in [6, 6.07) is 3.14. The number of sulfonamides is 1. The van der Waals surface area contributed by atoms with Crippen molar-refractivity contribution in [3.63, 3.8) is 0 Å². The molecule has 112 valence electrons. The normalized spacial score (nSPS) is 17.6. The fraction of sp³-hybridized carbons (Fsp3) is 0.571. The smallest absolute Gasteiger partial charge is 0.207 e. The van der Waals surface area contributed by atoms with E-state index in [0.29, 0.717) is 10.6 Å². The molecule has 6 heteroatoms. The van der Waals surface area contributed by atoms with E-state index < -0.39 is 10.0 Å². The van der Waals surface area contributed by atoms with Crippen LogP contribution in [0.2, 0.25) is 10.0 Å². The minimum Gasteiger partial charge on any atom is -0.207 e. The van der Waals surface area contributed by atoms with E-state index in [-0.39, 0.29) is 16.0 Å². The average molecular weight is 336 g/mol. The minimum absolute atomic E-state index is 0.0857. The molecule has 0 atom stereocenters. The number of halogens is 2. The Hall–Kier alpha value is -0.290. The Kier molecular flexibility index (Phi) is 5.00. The highest BCUT2D eigenvalue weighted by Gasteiger charge is 2.30. The predicted molar refractivity (Wildman–Crippen MR) is 83.0 cm³/mol. The Morgan fingerprint density at radius 2 is 1.65 bits per heavy atom. The van der Waals surface area contributed by atoms with E-state index in [1.54, 1.807) is 20.0 Å². The highest BCUT2D eigenvalue weighted by atomic mass is 35.5. The molecule has 1 saturated carbocycles. The van der Waals surface area contributed by atoms with Crippen molar-refractivity contribution in [3.8, 4) is 0 Å².